The zero-order chi connectivity index (χ0) is 12.8. The van der Waals surface area contributed by atoms with Gasteiger partial charge in [-0.15, -0.1) is 0 Å². The predicted octanol–water partition coefficient (Wildman–Crippen LogP) is -0.214. The van der Waals surface area contributed by atoms with Crippen LogP contribution < -0.4 is 5.56 Å². The van der Waals surface area contributed by atoms with Crippen molar-refractivity contribution in [2.45, 2.75) is 4.45 Å². The maximum Gasteiger partial charge on any atom is 0.319 e. The lowest BCUT2D eigenvalue weighted by atomic mass is 10.4. The molecule has 0 spiro atoms. The second-order valence-electron chi connectivity index (χ2n) is 2.74. The Morgan fingerprint density at radius 1 is 1.62 bits per heavy atom. The van der Waals surface area contributed by atoms with Crippen LogP contribution in [0.1, 0.15) is 0 Å². The van der Waals surface area contributed by atoms with Gasteiger partial charge in [0.15, 0.2) is 0 Å². The summed E-state index contributed by atoms with van der Waals surface area (Å²) < 4.78 is -0.201. The van der Waals surface area contributed by atoms with Gasteiger partial charge in [-0.1, -0.05) is 11.5 Å². The maximum absolute atomic E-state index is 10.4. The van der Waals surface area contributed by atoms with E-state index < -0.39 is 22.6 Å². The highest BCUT2D eigenvalue weighted by molar-refractivity contribution is 9.10. The third-order valence-corrected chi connectivity index (χ3v) is 3.10. The first-order valence-electron chi connectivity index (χ1n) is 4.03. The Hall–Kier alpha value is -0.770. The molecule has 0 amide bonds. The van der Waals surface area contributed by atoms with Crippen molar-refractivity contribution in [3.05, 3.63) is 31.9 Å². The van der Waals surface area contributed by atoms with E-state index in [4.69, 9.17) is 10.2 Å². The van der Waals surface area contributed by atoms with Crippen LogP contribution in [-0.4, -0.2) is 36.8 Å². The lowest BCUT2D eigenvalue weighted by Gasteiger charge is -2.11. The quantitative estimate of drug-likeness (QED) is 0.347. The van der Waals surface area contributed by atoms with Gasteiger partial charge in [0, 0.05) is 39.3 Å². The number of hydrogen-bond acceptors (Lipinski definition) is 6. The molecule has 0 bridgehead atoms. The van der Waals surface area contributed by atoms with Crippen LogP contribution in [-0.2, 0) is 7.05 Å². The number of alkyl halides is 1. The zero-order valence-electron chi connectivity index (χ0n) is 8.37. The van der Waals surface area contributed by atoms with E-state index in [0.717, 1.165) is 0 Å². The summed E-state index contributed by atoms with van der Waals surface area (Å²) in [6.45, 7) is -1.45. The Morgan fingerprint density at radius 2 is 2.12 bits per heavy atom. The largest absolute Gasteiger partial charge is 0.388 e. The van der Waals surface area contributed by atoms with Gasteiger partial charge >= 0.3 is 4.45 Å². The Bertz CT molecular complexity index is 386. The Balaban J connectivity index is 0.000000288. The van der Waals surface area contributed by atoms with Crippen molar-refractivity contribution in [2.24, 2.45) is 7.05 Å². The van der Waals surface area contributed by atoms with E-state index >= 15 is 0 Å². The molecule has 92 valence electrons. The highest BCUT2D eigenvalue weighted by Gasteiger charge is 2.38. The second kappa shape index (κ2) is 6.74. The van der Waals surface area contributed by atoms with E-state index in [1.54, 1.807) is 22.5 Å². The molecule has 0 aromatic carbocycles. The topological polar surface area (TPSA) is 106 Å². The Labute approximate surface area is 103 Å². The van der Waals surface area contributed by atoms with Crippen LogP contribution in [0.2, 0.25) is 0 Å². The first-order chi connectivity index (χ1) is 7.37. The number of aryl methyl sites for hydroxylation is 1. The Kier molecular flexibility index (Phi) is 6.41. The summed E-state index contributed by atoms with van der Waals surface area (Å²) in [5, 5.41) is 28.3. The monoisotopic (exact) mass is 314 g/mol. The minimum absolute atomic E-state index is 0.0741. The number of hydrogen-bond donors (Lipinski definition) is 2. The molecule has 1 aromatic heterocycles. The molecular weight excluding hydrogens is 304 g/mol. The first kappa shape index (κ1) is 15.2. The normalized spacial score (nSPS) is 10.5. The summed E-state index contributed by atoms with van der Waals surface area (Å²) >= 11 is 3.96. The molecule has 0 aliphatic heterocycles. The zero-order valence-corrected chi connectivity index (χ0v) is 10.8. The fourth-order valence-electron chi connectivity index (χ4n) is 0.502. The average molecular weight is 315 g/mol. The van der Waals surface area contributed by atoms with Crippen molar-refractivity contribution in [3.8, 4) is 0 Å². The summed E-state index contributed by atoms with van der Waals surface area (Å²) in [6.07, 6.45) is 0. The summed E-state index contributed by atoms with van der Waals surface area (Å²) in [4.78, 5) is 19.5. The molecule has 0 atom stereocenters. The lowest BCUT2D eigenvalue weighted by Crippen LogP contribution is -2.39. The number of aliphatic hydroxyl groups is 2. The van der Waals surface area contributed by atoms with Crippen LogP contribution in [0.4, 0.5) is 0 Å². The van der Waals surface area contributed by atoms with E-state index in [1.807, 2.05) is 0 Å². The second-order valence-corrected chi connectivity index (χ2v) is 5.24. The molecule has 2 N–H and O–H groups in total. The number of aromatic nitrogens is 1. The van der Waals surface area contributed by atoms with Crippen molar-refractivity contribution in [1.82, 2.24) is 3.96 Å². The number of nitro groups is 1. The van der Waals surface area contributed by atoms with Gasteiger partial charge in [0.05, 0.1) is 0 Å². The number of aliphatic hydroxyl groups excluding tert-OH is 2. The van der Waals surface area contributed by atoms with Crippen LogP contribution in [0, 0.1) is 10.1 Å². The molecular formula is C7H11BrN2O5S. The van der Waals surface area contributed by atoms with Crippen LogP contribution in [0.3, 0.4) is 0 Å². The predicted molar refractivity (Wildman–Crippen MR) is 62.4 cm³/mol. The fraction of sp³-hybridized carbons (Fsp3) is 0.571. The molecule has 9 heteroatoms. The molecule has 1 heterocycles. The van der Waals surface area contributed by atoms with E-state index in [1.165, 1.54) is 11.5 Å². The van der Waals surface area contributed by atoms with Gasteiger partial charge < -0.3 is 10.2 Å². The lowest BCUT2D eigenvalue weighted by molar-refractivity contribution is -0.542. The van der Waals surface area contributed by atoms with Crippen molar-refractivity contribution in [2.75, 3.05) is 13.2 Å². The summed E-state index contributed by atoms with van der Waals surface area (Å²) in [5.41, 5.74) is 0.0741. The molecule has 0 aliphatic carbocycles. The van der Waals surface area contributed by atoms with Gasteiger partial charge in [-0.05, 0) is 0 Å². The highest BCUT2D eigenvalue weighted by Crippen LogP contribution is 2.15. The fourth-order valence-corrected chi connectivity index (χ4v) is 1.03. The highest BCUT2D eigenvalue weighted by atomic mass is 79.9. The van der Waals surface area contributed by atoms with Crippen molar-refractivity contribution in [3.63, 3.8) is 0 Å². The molecule has 1 rings (SSSR count). The SMILES string of the molecule is Cn1sccc1=O.O=[N+]([O-])C(Br)(CO)CO. The van der Waals surface area contributed by atoms with Crippen molar-refractivity contribution in [1.29, 1.82) is 0 Å². The molecule has 0 fully saturated rings. The Morgan fingerprint density at radius 3 is 2.19 bits per heavy atom. The number of rotatable bonds is 3. The van der Waals surface area contributed by atoms with Gasteiger partial charge in [0.1, 0.15) is 13.2 Å². The molecule has 1 aromatic rings. The van der Waals surface area contributed by atoms with E-state index in [-0.39, 0.29) is 5.56 Å². The third kappa shape index (κ3) is 4.39. The van der Waals surface area contributed by atoms with Crippen LogP contribution in [0.15, 0.2) is 16.2 Å². The van der Waals surface area contributed by atoms with Gasteiger partial charge in [-0.3, -0.25) is 18.9 Å². The molecule has 0 saturated heterocycles. The van der Waals surface area contributed by atoms with Gasteiger partial charge in [0.25, 0.3) is 5.56 Å². The number of nitrogens with zero attached hydrogens (tertiary/aromatic N) is 2. The van der Waals surface area contributed by atoms with Crippen molar-refractivity contribution >= 4 is 27.5 Å². The summed E-state index contributed by atoms with van der Waals surface area (Å²) in [6, 6.07) is 1.55. The minimum atomic E-state index is -1.77. The van der Waals surface area contributed by atoms with Crippen LogP contribution in [0.5, 0.6) is 0 Å². The molecule has 0 unspecified atom stereocenters. The molecule has 0 saturated carbocycles. The smallest absolute Gasteiger partial charge is 0.319 e. The van der Waals surface area contributed by atoms with E-state index in [9.17, 15) is 14.9 Å². The molecule has 0 aliphatic rings. The third-order valence-electron chi connectivity index (χ3n) is 1.55. The van der Waals surface area contributed by atoms with Crippen LogP contribution in [0.25, 0.3) is 0 Å². The van der Waals surface area contributed by atoms with Gasteiger partial charge in [-0.2, -0.15) is 0 Å². The van der Waals surface area contributed by atoms with Gasteiger partial charge in [-0.25, -0.2) is 0 Å². The molecule has 16 heavy (non-hydrogen) atoms. The average Bonchev–Trinajstić information content (AvgIpc) is 2.63. The summed E-state index contributed by atoms with van der Waals surface area (Å²) in [7, 11) is 1.74. The van der Waals surface area contributed by atoms with Crippen molar-refractivity contribution < 1.29 is 15.1 Å². The van der Waals surface area contributed by atoms with E-state index in [0.29, 0.717) is 0 Å². The first-order valence-corrected chi connectivity index (χ1v) is 5.66. The molecule has 0 radical (unpaired) electrons. The number of halogens is 1. The van der Waals surface area contributed by atoms with Crippen LogP contribution >= 0.6 is 27.5 Å². The van der Waals surface area contributed by atoms with Gasteiger partial charge in [0.2, 0.25) is 0 Å². The maximum atomic E-state index is 10.4. The van der Waals surface area contributed by atoms with E-state index in [2.05, 4.69) is 15.9 Å². The minimum Gasteiger partial charge on any atom is -0.388 e. The summed E-state index contributed by atoms with van der Waals surface area (Å²) in [5.74, 6) is 0. The standard InChI is InChI=1S/C4H5NOS.C3H6BrNO4/c1-5-4(6)2-3-7-5;4-3(1-6,2-7)5(8)9/h2-3H,1H3;6-7H,1-2H2. The molecule has 7 nitrogen and oxygen atoms in total.